The van der Waals surface area contributed by atoms with Gasteiger partial charge in [0.15, 0.2) is 6.61 Å². The summed E-state index contributed by atoms with van der Waals surface area (Å²) in [6, 6.07) is 5.60. The molecule has 1 heterocycles. The number of aryl methyl sites for hydroxylation is 1. The number of carbonyl (C=O) groups is 2. The maximum absolute atomic E-state index is 11.9. The van der Waals surface area contributed by atoms with E-state index in [0.29, 0.717) is 11.3 Å². The Morgan fingerprint density at radius 1 is 1.33 bits per heavy atom. The Bertz CT molecular complexity index is 863. The number of hydrogen-bond donors (Lipinski definition) is 2. The van der Waals surface area contributed by atoms with Crippen molar-refractivity contribution in [2.75, 3.05) is 18.6 Å². The molecule has 2 N–H and O–H groups in total. The summed E-state index contributed by atoms with van der Waals surface area (Å²) in [5.74, 6) is -0.993. The molecular weight excluding hydrogens is 370 g/mol. The highest BCUT2D eigenvalue weighted by molar-refractivity contribution is 7.98. The fraction of sp³-hybridized carbons (Fsp3) is 0.421. The highest BCUT2D eigenvalue weighted by atomic mass is 32.2. The molecule has 0 fully saturated rings. The van der Waals surface area contributed by atoms with Gasteiger partial charge in [0.2, 0.25) is 0 Å². The van der Waals surface area contributed by atoms with Crippen molar-refractivity contribution in [2.24, 2.45) is 0 Å². The molecule has 2 rings (SSSR count). The van der Waals surface area contributed by atoms with Crippen molar-refractivity contribution in [1.82, 2.24) is 5.32 Å². The van der Waals surface area contributed by atoms with E-state index in [0.717, 1.165) is 30.2 Å². The van der Waals surface area contributed by atoms with Crippen molar-refractivity contribution in [2.45, 2.75) is 32.2 Å². The minimum atomic E-state index is -1.09. The standard InChI is InChI=1S/C19H23NO6S/c1-3-4-5-12-8-18(22)26-16-9-13(6-7-14(12)16)25-10-17(21)20-15(11-27-2)19(23)24/h6-9,15H,3-5,10-11H2,1-2H3,(H,20,21)(H,23,24). The molecule has 0 spiro atoms. The van der Waals surface area contributed by atoms with Gasteiger partial charge < -0.3 is 19.6 Å². The zero-order valence-corrected chi connectivity index (χ0v) is 16.1. The highest BCUT2D eigenvalue weighted by Gasteiger charge is 2.19. The minimum absolute atomic E-state index is 0.267. The van der Waals surface area contributed by atoms with Crippen molar-refractivity contribution >= 4 is 34.6 Å². The number of rotatable bonds is 10. The molecule has 0 saturated heterocycles. The Kier molecular flexibility index (Phi) is 7.72. The van der Waals surface area contributed by atoms with E-state index in [1.54, 1.807) is 24.5 Å². The van der Waals surface area contributed by atoms with Gasteiger partial charge in [0.25, 0.3) is 5.91 Å². The molecule has 27 heavy (non-hydrogen) atoms. The van der Waals surface area contributed by atoms with Crippen LogP contribution in [0.4, 0.5) is 0 Å². The van der Waals surface area contributed by atoms with Gasteiger partial charge in [-0.05, 0) is 36.8 Å². The number of thioether (sulfide) groups is 1. The van der Waals surface area contributed by atoms with Crippen LogP contribution in [-0.4, -0.2) is 41.6 Å². The molecule has 2 aromatic rings. The topological polar surface area (TPSA) is 106 Å². The third-order valence-corrected chi connectivity index (χ3v) is 4.60. The van der Waals surface area contributed by atoms with Crippen LogP contribution in [0.25, 0.3) is 11.0 Å². The van der Waals surface area contributed by atoms with Crippen molar-refractivity contribution in [1.29, 1.82) is 0 Å². The second-order valence-corrected chi connectivity index (χ2v) is 6.97. The largest absolute Gasteiger partial charge is 0.484 e. The Hall–Kier alpha value is -2.48. The SMILES string of the molecule is CCCCc1cc(=O)oc2cc(OCC(=O)NC(CSC)C(=O)O)ccc12. The predicted molar refractivity (Wildman–Crippen MR) is 105 cm³/mol. The number of carbonyl (C=O) groups excluding carboxylic acids is 1. The molecule has 0 bridgehead atoms. The normalized spacial score (nSPS) is 11.9. The van der Waals surface area contributed by atoms with Crippen LogP contribution in [-0.2, 0) is 16.0 Å². The van der Waals surface area contributed by atoms with Crippen LogP contribution < -0.4 is 15.7 Å². The Labute approximate surface area is 161 Å². The summed E-state index contributed by atoms with van der Waals surface area (Å²) in [6.07, 6.45) is 4.53. The van der Waals surface area contributed by atoms with E-state index in [4.69, 9.17) is 14.3 Å². The zero-order valence-electron chi connectivity index (χ0n) is 15.3. The first-order chi connectivity index (χ1) is 12.9. The number of carboxylic acids is 1. The van der Waals surface area contributed by atoms with Crippen LogP contribution in [0.5, 0.6) is 5.75 Å². The number of ether oxygens (including phenoxy) is 1. The van der Waals surface area contributed by atoms with Gasteiger partial charge in [-0.3, -0.25) is 4.79 Å². The Balaban J connectivity index is 2.08. The smallest absolute Gasteiger partial charge is 0.336 e. The molecule has 8 heteroatoms. The fourth-order valence-electron chi connectivity index (χ4n) is 2.60. The second kappa shape index (κ2) is 10.0. The van der Waals surface area contributed by atoms with Crippen molar-refractivity contribution < 1.29 is 23.8 Å². The monoisotopic (exact) mass is 393 g/mol. The number of benzene rings is 1. The molecule has 1 unspecified atom stereocenters. The minimum Gasteiger partial charge on any atom is -0.484 e. The van der Waals surface area contributed by atoms with E-state index < -0.39 is 23.5 Å². The highest BCUT2D eigenvalue weighted by Crippen LogP contribution is 2.23. The molecule has 1 amide bonds. The Morgan fingerprint density at radius 2 is 2.11 bits per heavy atom. The summed E-state index contributed by atoms with van der Waals surface area (Å²) >= 11 is 1.33. The predicted octanol–water partition coefficient (Wildman–Crippen LogP) is 2.45. The molecule has 1 aromatic heterocycles. The summed E-state index contributed by atoms with van der Waals surface area (Å²) in [7, 11) is 0. The van der Waals surface area contributed by atoms with Gasteiger partial charge in [0.05, 0.1) is 0 Å². The second-order valence-electron chi connectivity index (χ2n) is 6.05. The number of fused-ring (bicyclic) bond motifs is 1. The lowest BCUT2D eigenvalue weighted by Gasteiger charge is -2.14. The fourth-order valence-corrected chi connectivity index (χ4v) is 3.16. The lowest BCUT2D eigenvalue weighted by atomic mass is 10.0. The first-order valence-electron chi connectivity index (χ1n) is 8.65. The third-order valence-electron chi connectivity index (χ3n) is 3.94. The molecule has 1 atom stereocenters. The zero-order chi connectivity index (χ0) is 19.8. The van der Waals surface area contributed by atoms with Crippen molar-refractivity contribution in [3.05, 3.63) is 40.2 Å². The van der Waals surface area contributed by atoms with E-state index in [1.165, 1.54) is 17.8 Å². The van der Waals surface area contributed by atoms with E-state index in [-0.39, 0.29) is 12.4 Å². The molecule has 0 aliphatic carbocycles. The van der Waals surface area contributed by atoms with Crippen LogP contribution in [0.3, 0.4) is 0 Å². The summed E-state index contributed by atoms with van der Waals surface area (Å²) in [5.41, 5.74) is 0.899. The quantitative estimate of drug-likeness (QED) is 0.597. The number of unbranched alkanes of at least 4 members (excludes halogenated alkanes) is 1. The molecule has 0 aliphatic heterocycles. The number of aliphatic carboxylic acids is 1. The van der Waals surface area contributed by atoms with E-state index in [1.807, 2.05) is 0 Å². The molecular formula is C19H23NO6S. The lowest BCUT2D eigenvalue weighted by molar-refractivity contribution is -0.141. The van der Waals surface area contributed by atoms with Gasteiger partial charge >= 0.3 is 11.6 Å². The van der Waals surface area contributed by atoms with Crippen molar-refractivity contribution in [3.8, 4) is 5.75 Å². The maximum Gasteiger partial charge on any atom is 0.336 e. The molecule has 146 valence electrons. The van der Waals surface area contributed by atoms with Gasteiger partial charge in [-0.25, -0.2) is 9.59 Å². The molecule has 1 aromatic carbocycles. The average molecular weight is 393 g/mol. The maximum atomic E-state index is 11.9. The number of hydrogen-bond acceptors (Lipinski definition) is 6. The summed E-state index contributed by atoms with van der Waals surface area (Å²) in [4.78, 5) is 34.7. The van der Waals surface area contributed by atoms with E-state index >= 15 is 0 Å². The average Bonchev–Trinajstić information content (AvgIpc) is 2.63. The molecule has 0 aliphatic rings. The van der Waals surface area contributed by atoms with Gasteiger partial charge in [-0.15, -0.1) is 0 Å². The van der Waals surface area contributed by atoms with Crippen LogP contribution in [0.1, 0.15) is 25.3 Å². The molecule has 7 nitrogen and oxygen atoms in total. The van der Waals surface area contributed by atoms with E-state index in [2.05, 4.69) is 12.2 Å². The number of carboxylic acid groups (broad SMARTS) is 1. The van der Waals surface area contributed by atoms with Crippen LogP contribution in [0.15, 0.2) is 33.5 Å². The molecule has 0 radical (unpaired) electrons. The van der Waals surface area contributed by atoms with Gasteiger partial charge in [0, 0.05) is 23.3 Å². The Morgan fingerprint density at radius 3 is 2.78 bits per heavy atom. The third kappa shape index (κ3) is 6.02. The van der Waals surface area contributed by atoms with Gasteiger partial charge in [-0.1, -0.05) is 13.3 Å². The van der Waals surface area contributed by atoms with Crippen molar-refractivity contribution in [3.63, 3.8) is 0 Å². The summed E-state index contributed by atoms with van der Waals surface area (Å²) in [5, 5.41) is 12.3. The number of amides is 1. The summed E-state index contributed by atoms with van der Waals surface area (Å²) < 4.78 is 10.7. The first-order valence-corrected chi connectivity index (χ1v) is 10.0. The van der Waals surface area contributed by atoms with Gasteiger partial charge in [-0.2, -0.15) is 11.8 Å². The van der Waals surface area contributed by atoms with E-state index in [9.17, 15) is 14.4 Å². The van der Waals surface area contributed by atoms with Crippen LogP contribution in [0, 0.1) is 0 Å². The number of nitrogens with one attached hydrogen (secondary N) is 1. The molecule has 0 saturated carbocycles. The van der Waals surface area contributed by atoms with Gasteiger partial charge in [0.1, 0.15) is 17.4 Å². The van der Waals surface area contributed by atoms with Crippen LogP contribution in [0.2, 0.25) is 0 Å². The first kappa shape index (κ1) is 20.8. The summed E-state index contributed by atoms with van der Waals surface area (Å²) in [6.45, 7) is 1.75. The van der Waals surface area contributed by atoms with Crippen LogP contribution >= 0.6 is 11.8 Å². The lowest BCUT2D eigenvalue weighted by Crippen LogP contribution is -2.44.